The Morgan fingerprint density at radius 2 is 2.29 bits per heavy atom. The standard InChI is InChI=1S/C13H14N2O2/c1-9-4-6-15(2)12(7-9)10-3-5-14-8-11(10)13(16)17/h3-5,7-8H,6H2,1-2H3,(H,16,17). The number of aromatic nitrogens is 1. The zero-order valence-corrected chi connectivity index (χ0v) is 9.84. The first-order valence-corrected chi connectivity index (χ1v) is 5.37. The maximum atomic E-state index is 11.2. The molecule has 0 saturated carbocycles. The minimum atomic E-state index is -0.949. The zero-order valence-electron chi connectivity index (χ0n) is 9.84. The van der Waals surface area contributed by atoms with E-state index in [0.717, 1.165) is 17.8 Å². The second-order valence-electron chi connectivity index (χ2n) is 4.08. The normalized spacial score (nSPS) is 15.3. The van der Waals surface area contributed by atoms with Crippen molar-refractivity contribution in [2.24, 2.45) is 0 Å². The fourth-order valence-electron chi connectivity index (χ4n) is 1.84. The third kappa shape index (κ3) is 2.20. The highest BCUT2D eigenvalue weighted by Crippen LogP contribution is 2.25. The molecule has 0 bridgehead atoms. The van der Waals surface area contributed by atoms with Crippen LogP contribution in [0.4, 0.5) is 0 Å². The largest absolute Gasteiger partial charge is 0.478 e. The third-order valence-electron chi connectivity index (χ3n) is 2.79. The second kappa shape index (κ2) is 4.41. The van der Waals surface area contributed by atoms with Crippen molar-refractivity contribution in [2.75, 3.05) is 13.6 Å². The van der Waals surface area contributed by atoms with Gasteiger partial charge in [-0.25, -0.2) is 4.79 Å². The lowest BCUT2D eigenvalue weighted by molar-refractivity contribution is 0.0696. The zero-order chi connectivity index (χ0) is 12.4. The summed E-state index contributed by atoms with van der Waals surface area (Å²) in [7, 11) is 1.95. The number of pyridine rings is 1. The molecule has 0 spiro atoms. The molecule has 0 fully saturated rings. The SMILES string of the molecule is CC1=CCN(C)C(c2ccncc2C(=O)O)=C1. The van der Waals surface area contributed by atoms with E-state index in [-0.39, 0.29) is 5.56 Å². The van der Waals surface area contributed by atoms with Crippen LogP contribution in [-0.2, 0) is 0 Å². The summed E-state index contributed by atoms with van der Waals surface area (Å²) in [5.74, 6) is -0.949. The smallest absolute Gasteiger partial charge is 0.337 e. The van der Waals surface area contributed by atoms with E-state index >= 15 is 0 Å². The van der Waals surface area contributed by atoms with Crippen LogP contribution in [0.15, 0.2) is 36.2 Å². The maximum absolute atomic E-state index is 11.2. The number of hydrogen-bond donors (Lipinski definition) is 1. The van der Waals surface area contributed by atoms with Crippen LogP contribution < -0.4 is 0 Å². The highest BCUT2D eigenvalue weighted by Gasteiger charge is 2.17. The van der Waals surface area contributed by atoms with Crippen LogP contribution in [0.25, 0.3) is 5.70 Å². The summed E-state index contributed by atoms with van der Waals surface area (Å²) in [4.78, 5) is 17.0. The topological polar surface area (TPSA) is 53.4 Å². The molecule has 1 N–H and O–H groups in total. The lowest BCUT2D eigenvalue weighted by Crippen LogP contribution is -2.21. The molecule has 4 nitrogen and oxygen atoms in total. The van der Waals surface area contributed by atoms with Gasteiger partial charge < -0.3 is 10.0 Å². The summed E-state index contributed by atoms with van der Waals surface area (Å²) in [6, 6.07) is 1.74. The van der Waals surface area contributed by atoms with E-state index in [0.29, 0.717) is 5.56 Å². The fraction of sp³-hybridized carbons (Fsp3) is 0.231. The number of carboxylic acid groups (broad SMARTS) is 1. The molecule has 88 valence electrons. The van der Waals surface area contributed by atoms with Crippen LogP contribution in [0.2, 0.25) is 0 Å². The van der Waals surface area contributed by atoms with Crippen molar-refractivity contribution < 1.29 is 9.90 Å². The van der Waals surface area contributed by atoms with E-state index in [1.54, 1.807) is 12.3 Å². The van der Waals surface area contributed by atoms with E-state index in [9.17, 15) is 4.79 Å². The Morgan fingerprint density at radius 1 is 1.53 bits per heavy atom. The molecule has 17 heavy (non-hydrogen) atoms. The van der Waals surface area contributed by atoms with Gasteiger partial charge in [-0.15, -0.1) is 0 Å². The predicted molar refractivity (Wildman–Crippen MR) is 65.6 cm³/mol. The van der Waals surface area contributed by atoms with Crippen molar-refractivity contribution in [2.45, 2.75) is 6.92 Å². The summed E-state index contributed by atoms with van der Waals surface area (Å²) in [6.07, 6.45) is 7.10. The van der Waals surface area contributed by atoms with Gasteiger partial charge in [0, 0.05) is 37.2 Å². The molecule has 1 aliphatic heterocycles. The second-order valence-corrected chi connectivity index (χ2v) is 4.08. The van der Waals surface area contributed by atoms with Crippen molar-refractivity contribution in [1.82, 2.24) is 9.88 Å². The Balaban J connectivity index is 2.53. The van der Waals surface area contributed by atoms with Crippen LogP contribution >= 0.6 is 0 Å². The predicted octanol–water partition coefficient (Wildman–Crippen LogP) is 2.01. The van der Waals surface area contributed by atoms with Gasteiger partial charge in [0.2, 0.25) is 0 Å². The van der Waals surface area contributed by atoms with Gasteiger partial charge in [-0.05, 0) is 19.1 Å². The van der Waals surface area contributed by atoms with Crippen molar-refractivity contribution in [1.29, 1.82) is 0 Å². The van der Waals surface area contributed by atoms with Gasteiger partial charge in [-0.1, -0.05) is 11.6 Å². The van der Waals surface area contributed by atoms with Gasteiger partial charge in [0.15, 0.2) is 0 Å². The number of aromatic carboxylic acids is 1. The van der Waals surface area contributed by atoms with Crippen LogP contribution in [0.5, 0.6) is 0 Å². The number of carbonyl (C=O) groups is 1. The summed E-state index contributed by atoms with van der Waals surface area (Å²) in [5.41, 5.74) is 3.01. The monoisotopic (exact) mass is 230 g/mol. The Bertz CT molecular complexity index is 518. The minimum absolute atomic E-state index is 0.236. The highest BCUT2D eigenvalue weighted by atomic mass is 16.4. The molecular weight excluding hydrogens is 216 g/mol. The Morgan fingerprint density at radius 3 is 3.00 bits per heavy atom. The van der Waals surface area contributed by atoms with E-state index in [4.69, 9.17) is 5.11 Å². The Kier molecular flexibility index (Phi) is 2.95. The molecule has 4 heteroatoms. The molecular formula is C13H14N2O2. The molecule has 0 unspecified atom stereocenters. The molecule has 2 heterocycles. The first-order chi connectivity index (χ1) is 8.09. The van der Waals surface area contributed by atoms with Crippen LogP contribution in [0.3, 0.4) is 0 Å². The minimum Gasteiger partial charge on any atom is -0.478 e. The van der Waals surface area contributed by atoms with Crippen LogP contribution in [-0.4, -0.2) is 34.6 Å². The molecule has 1 aliphatic rings. The van der Waals surface area contributed by atoms with E-state index in [1.807, 2.05) is 24.9 Å². The first-order valence-electron chi connectivity index (χ1n) is 5.37. The molecule has 0 amide bonds. The van der Waals surface area contributed by atoms with Crippen molar-refractivity contribution in [3.05, 3.63) is 47.3 Å². The summed E-state index contributed by atoms with van der Waals surface area (Å²) < 4.78 is 0. The van der Waals surface area contributed by atoms with E-state index < -0.39 is 5.97 Å². The average molecular weight is 230 g/mol. The Labute approximate surface area is 99.9 Å². The van der Waals surface area contributed by atoms with Crippen molar-refractivity contribution in [3.8, 4) is 0 Å². The molecule has 1 aromatic heterocycles. The van der Waals surface area contributed by atoms with Gasteiger partial charge >= 0.3 is 5.97 Å². The highest BCUT2D eigenvalue weighted by molar-refractivity contribution is 5.93. The van der Waals surface area contributed by atoms with E-state index in [1.165, 1.54) is 6.20 Å². The number of hydrogen-bond acceptors (Lipinski definition) is 3. The molecule has 2 rings (SSSR count). The summed E-state index contributed by atoms with van der Waals surface area (Å²) >= 11 is 0. The lowest BCUT2D eigenvalue weighted by atomic mass is 10.0. The number of likely N-dealkylation sites (N-methyl/N-ethyl adjacent to an activating group) is 1. The Hall–Kier alpha value is -2.10. The molecule has 0 saturated heterocycles. The quantitative estimate of drug-likeness (QED) is 0.844. The molecule has 1 aromatic rings. The summed E-state index contributed by atoms with van der Waals surface area (Å²) in [5, 5.41) is 9.15. The molecule has 0 atom stereocenters. The maximum Gasteiger partial charge on any atom is 0.337 e. The number of allylic oxidation sites excluding steroid dienone is 2. The average Bonchev–Trinajstić information content (AvgIpc) is 2.32. The van der Waals surface area contributed by atoms with Gasteiger partial charge in [0.25, 0.3) is 0 Å². The van der Waals surface area contributed by atoms with Gasteiger partial charge in [0.1, 0.15) is 0 Å². The first kappa shape index (κ1) is 11.4. The molecule has 0 aliphatic carbocycles. The number of rotatable bonds is 2. The lowest BCUT2D eigenvalue weighted by Gasteiger charge is -2.26. The van der Waals surface area contributed by atoms with Crippen molar-refractivity contribution in [3.63, 3.8) is 0 Å². The number of carboxylic acids is 1. The molecule has 0 aromatic carbocycles. The van der Waals surface area contributed by atoms with Gasteiger partial charge in [-0.3, -0.25) is 4.98 Å². The fourth-order valence-corrected chi connectivity index (χ4v) is 1.84. The van der Waals surface area contributed by atoms with E-state index in [2.05, 4.69) is 11.1 Å². The van der Waals surface area contributed by atoms with Crippen LogP contribution in [0, 0.1) is 0 Å². The third-order valence-corrected chi connectivity index (χ3v) is 2.79. The van der Waals surface area contributed by atoms with Gasteiger partial charge in [-0.2, -0.15) is 0 Å². The summed E-state index contributed by atoms with van der Waals surface area (Å²) in [6.45, 7) is 2.80. The van der Waals surface area contributed by atoms with Crippen molar-refractivity contribution >= 4 is 11.7 Å². The number of nitrogens with zero attached hydrogens (tertiary/aromatic N) is 2. The molecule has 0 radical (unpaired) electrons. The van der Waals surface area contributed by atoms with Gasteiger partial charge in [0.05, 0.1) is 5.56 Å². The van der Waals surface area contributed by atoms with Crippen LogP contribution in [0.1, 0.15) is 22.8 Å².